The van der Waals surface area contributed by atoms with Crippen molar-refractivity contribution in [2.75, 3.05) is 0 Å². The van der Waals surface area contributed by atoms with Crippen LogP contribution in [0.1, 0.15) is 23.7 Å². The van der Waals surface area contributed by atoms with Gasteiger partial charge in [0.1, 0.15) is 29.1 Å². The maximum absolute atomic E-state index is 7.15. The highest BCUT2D eigenvalue weighted by Gasteiger charge is 2.28. The van der Waals surface area contributed by atoms with Gasteiger partial charge in [0.25, 0.3) is 0 Å². The van der Waals surface area contributed by atoms with Crippen LogP contribution in [-0.4, -0.2) is 5.71 Å². The minimum absolute atomic E-state index is 0.148. The molecule has 0 amide bonds. The molecule has 0 saturated carbocycles. The number of para-hydroxylation sites is 1. The molecule has 4 heteroatoms. The summed E-state index contributed by atoms with van der Waals surface area (Å²) in [6.45, 7) is 7.15. The van der Waals surface area contributed by atoms with Gasteiger partial charge in [-0.1, -0.05) is 48.5 Å². The van der Waals surface area contributed by atoms with E-state index in [1.165, 1.54) is 0 Å². The number of nitrogens with zero attached hydrogens (tertiary/aromatic N) is 2. The first-order valence-electron chi connectivity index (χ1n) is 8.36. The van der Waals surface area contributed by atoms with Gasteiger partial charge in [-0.05, 0) is 35.9 Å². The Hall–Kier alpha value is -3.58. The van der Waals surface area contributed by atoms with E-state index < -0.39 is 0 Å². The van der Waals surface area contributed by atoms with Gasteiger partial charge in [-0.15, -0.1) is 4.95 Å². The van der Waals surface area contributed by atoms with Crippen LogP contribution in [0.25, 0.3) is 4.95 Å². The average Bonchev–Trinajstić information content (AvgIpc) is 2.70. The maximum atomic E-state index is 7.15. The van der Waals surface area contributed by atoms with E-state index in [0.29, 0.717) is 23.6 Å². The summed E-state index contributed by atoms with van der Waals surface area (Å²) in [6.07, 6.45) is 0.402. The minimum atomic E-state index is -0.148. The van der Waals surface area contributed by atoms with Crippen LogP contribution in [0, 0.1) is 6.57 Å². The molecule has 4 rings (SSSR count). The van der Waals surface area contributed by atoms with Gasteiger partial charge in [-0.3, -0.25) is 0 Å². The van der Waals surface area contributed by atoms with Crippen LogP contribution < -0.4 is 9.47 Å². The first-order chi connectivity index (χ1) is 12.8. The summed E-state index contributed by atoms with van der Waals surface area (Å²) in [5.74, 6) is 2.16. The molecule has 0 radical (unpaired) electrons. The van der Waals surface area contributed by atoms with E-state index in [9.17, 15) is 0 Å². The lowest BCUT2D eigenvalue weighted by molar-refractivity contribution is 0.206. The lowest BCUT2D eigenvalue weighted by Gasteiger charge is -2.26. The van der Waals surface area contributed by atoms with Crippen LogP contribution in [0.4, 0.5) is 0 Å². The largest absolute Gasteiger partial charge is 0.485 e. The van der Waals surface area contributed by atoms with Gasteiger partial charge in [0.05, 0.1) is 5.10 Å². The van der Waals surface area contributed by atoms with E-state index in [1.54, 1.807) is 0 Å². The molecule has 3 aromatic rings. The number of hydrogen-bond acceptors (Lipinski definition) is 3. The Morgan fingerprint density at radius 2 is 1.65 bits per heavy atom. The Morgan fingerprint density at radius 1 is 0.923 bits per heavy atom. The SMILES string of the molecule is [C-]#[N+]/N=C1\CC(c2ccccc2)Oc2ccc(Oc3ccccc3)cc21. The fourth-order valence-electron chi connectivity index (χ4n) is 3.01. The first-order valence-corrected chi connectivity index (χ1v) is 8.36. The van der Waals surface area contributed by atoms with E-state index in [0.717, 1.165) is 16.9 Å². The molecule has 0 saturated heterocycles. The molecule has 0 aliphatic carbocycles. The van der Waals surface area contributed by atoms with Crippen LogP contribution in [0.15, 0.2) is 84.0 Å². The van der Waals surface area contributed by atoms with Crippen LogP contribution in [0.5, 0.6) is 17.2 Å². The van der Waals surface area contributed by atoms with E-state index in [2.05, 4.69) is 10.1 Å². The number of ether oxygens (including phenoxy) is 2. The third kappa shape index (κ3) is 3.28. The van der Waals surface area contributed by atoms with Crippen molar-refractivity contribution in [3.8, 4) is 17.2 Å². The minimum Gasteiger partial charge on any atom is -0.485 e. The van der Waals surface area contributed by atoms with Crippen molar-refractivity contribution in [1.29, 1.82) is 0 Å². The Labute approximate surface area is 152 Å². The molecule has 0 N–H and O–H groups in total. The summed E-state index contributed by atoms with van der Waals surface area (Å²) >= 11 is 0. The summed E-state index contributed by atoms with van der Waals surface area (Å²) in [4.78, 5) is 3.24. The van der Waals surface area contributed by atoms with Gasteiger partial charge in [0.15, 0.2) is 0 Å². The second kappa shape index (κ2) is 7.12. The zero-order valence-corrected chi connectivity index (χ0v) is 14.0. The highest BCUT2D eigenvalue weighted by molar-refractivity contribution is 6.04. The molecule has 26 heavy (non-hydrogen) atoms. The van der Waals surface area contributed by atoms with E-state index in [-0.39, 0.29) is 6.10 Å². The standard InChI is InChI=1S/C22H16N2O2/c1-23-24-20-15-22(16-8-4-2-5-9-16)26-21-13-12-18(14-19(20)21)25-17-10-6-3-7-11-17/h2-14,22H,15H2/b24-20+. The van der Waals surface area contributed by atoms with Gasteiger partial charge in [-0.2, -0.15) is 6.57 Å². The van der Waals surface area contributed by atoms with E-state index in [1.807, 2.05) is 78.9 Å². The third-order valence-corrected chi connectivity index (χ3v) is 4.23. The molecule has 126 valence electrons. The second-order valence-electron chi connectivity index (χ2n) is 5.94. The number of benzene rings is 3. The highest BCUT2D eigenvalue weighted by Crippen LogP contribution is 2.38. The van der Waals surface area contributed by atoms with Crippen LogP contribution in [0.2, 0.25) is 0 Å². The quantitative estimate of drug-likeness (QED) is 0.458. The first kappa shape index (κ1) is 15.9. The molecule has 1 aliphatic rings. The summed E-state index contributed by atoms with van der Waals surface area (Å²) in [5.41, 5.74) is 2.59. The van der Waals surface area contributed by atoms with Gasteiger partial charge < -0.3 is 9.47 Å². The summed E-state index contributed by atoms with van der Waals surface area (Å²) in [5, 5.41) is 4.02. The van der Waals surface area contributed by atoms with Crippen molar-refractivity contribution in [2.24, 2.45) is 5.10 Å². The van der Waals surface area contributed by atoms with Gasteiger partial charge >= 0.3 is 0 Å². The van der Waals surface area contributed by atoms with E-state index in [4.69, 9.17) is 16.0 Å². The predicted octanol–water partition coefficient (Wildman–Crippen LogP) is 5.63. The van der Waals surface area contributed by atoms with Crippen molar-refractivity contribution in [2.45, 2.75) is 12.5 Å². The molecule has 0 fully saturated rings. The van der Waals surface area contributed by atoms with Crippen LogP contribution >= 0.6 is 0 Å². The van der Waals surface area contributed by atoms with Crippen molar-refractivity contribution >= 4 is 5.71 Å². The monoisotopic (exact) mass is 340 g/mol. The van der Waals surface area contributed by atoms with Crippen LogP contribution in [-0.2, 0) is 0 Å². The van der Waals surface area contributed by atoms with Gasteiger partial charge in [0.2, 0.25) is 0 Å². The number of rotatable bonds is 3. The lowest BCUT2D eigenvalue weighted by atomic mass is 9.95. The lowest BCUT2D eigenvalue weighted by Crippen LogP contribution is -2.20. The fraction of sp³-hybridized carbons (Fsp3) is 0.0909. The molecule has 0 bridgehead atoms. The zero-order chi connectivity index (χ0) is 17.8. The highest BCUT2D eigenvalue weighted by atomic mass is 16.5. The molecule has 0 aromatic heterocycles. The molecular weight excluding hydrogens is 324 g/mol. The van der Waals surface area contributed by atoms with Gasteiger partial charge in [0, 0.05) is 12.0 Å². The smallest absolute Gasteiger partial charge is 0.138 e. The van der Waals surface area contributed by atoms with Crippen molar-refractivity contribution < 1.29 is 9.47 Å². The molecule has 1 unspecified atom stereocenters. The molecule has 1 aliphatic heterocycles. The molecule has 1 heterocycles. The molecule has 4 nitrogen and oxygen atoms in total. The van der Waals surface area contributed by atoms with E-state index >= 15 is 0 Å². The van der Waals surface area contributed by atoms with Crippen molar-refractivity contribution in [1.82, 2.24) is 0 Å². The normalized spacial score (nSPS) is 17.0. The van der Waals surface area contributed by atoms with Gasteiger partial charge in [-0.25, -0.2) is 0 Å². The molecule has 1 atom stereocenters. The number of hydrogen-bond donors (Lipinski definition) is 0. The number of fused-ring (bicyclic) bond motifs is 1. The average molecular weight is 340 g/mol. The topological polar surface area (TPSA) is 35.2 Å². The predicted molar refractivity (Wildman–Crippen MR) is 101 cm³/mol. The Kier molecular flexibility index (Phi) is 4.36. The van der Waals surface area contributed by atoms with Crippen molar-refractivity contribution in [3.63, 3.8) is 0 Å². The Morgan fingerprint density at radius 3 is 2.38 bits per heavy atom. The Bertz CT molecular complexity index is 976. The molecule has 3 aromatic carbocycles. The van der Waals surface area contributed by atoms with Crippen LogP contribution in [0.3, 0.4) is 0 Å². The fourth-order valence-corrected chi connectivity index (χ4v) is 3.01. The third-order valence-electron chi connectivity index (χ3n) is 4.23. The summed E-state index contributed by atoms with van der Waals surface area (Å²) in [6, 6.07) is 25.2. The summed E-state index contributed by atoms with van der Waals surface area (Å²) < 4.78 is 12.1. The molecular formula is C22H16N2O2. The van der Waals surface area contributed by atoms with Crippen molar-refractivity contribution in [3.05, 3.63) is 102 Å². The second-order valence-corrected chi connectivity index (χ2v) is 5.94. The summed E-state index contributed by atoms with van der Waals surface area (Å²) in [7, 11) is 0. The Balaban J connectivity index is 1.67. The zero-order valence-electron chi connectivity index (χ0n) is 14.0. The maximum Gasteiger partial charge on any atom is 0.138 e. The molecule has 0 spiro atoms.